The quantitative estimate of drug-likeness (QED) is 0.663. The van der Waals surface area contributed by atoms with Crippen molar-refractivity contribution < 1.29 is 9.21 Å². The number of aryl methyl sites for hydroxylation is 1. The van der Waals surface area contributed by atoms with E-state index in [1.54, 1.807) is 25.4 Å². The molecule has 2 aromatic rings. The Morgan fingerprint density at radius 2 is 2.06 bits per heavy atom. The molecule has 92 valence electrons. The molecule has 0 unspecified atom stereocenters. The van der Waals surface area contributed by atoms with Crippen LogP contribution in [-0.4, -0.2) is 16.6 Å². The molecule has 1 amide bonds. The molecular weight excluding hydrogens is 230 g/mol. The van der Waals surface area contributed by atoms with Gasteiger partial charge in [-0.3, -0.25) is 9.78 Å². The summed E-state index contributed by atoms with van der Waals surface area (Å²) in [6.07, 6.45) is 4.83. The Morgan fingerprint density at radius 3 is 2.67 bits per heavy atom. The topological polar surface area (TPSA) is 67.5 Å². The van der Waals surface area contributed by atoms with E-state index in [0.717, 1.165) is 5.56 Å². The standard InChI is InChI=1S/C13H13N3O2/c1-9(11-3-6-14-7-4-11)15-16-13(17)12-5-8-18-10(12)2/h3-8H,1-2H3,(H,16,17)/b15-9+. The Bertz CT molecular complexity index is 573. The van der Waals surface area contributed by atoms with Crippen LogP contribution in [0.2, 0.25) is 0 Å². The molecule has 5 heteroatoms. The van der Waals surface area contributed by atoms with Crippen molar-refractivity contribution in [1.82, 2.24) is 10.4 Å². The van der Waals surface area contributed by atoms with Crippen LogP contribution in [0, 0.1) is 6.92 Å². The number of furan rings is 1. The average molecular weight is 243 g/mol. The van der Waals surface area contributed by atoms with Crippen LogP contribution in [-0.2, 0) is 0 Å². The number of nitrogens with zero attached hydrogens (tertiary/aromatic N) is 2. The van der Waals surface area contributed by atoms with Gasteiger partial charge < -0.3 is 4.42 Å². The van der Waals surface area contributed by atoms with E-state index < -0.39 is 0 Å². The van der Waals surface area contributed by atoms with Gasteiger partial charge in [0.05, 0.1) is 17.5 Å². The third-order valence-corrected chi connectivity index (χ3v) is 2.53. The summed E-state index contributed by atoms with van der Waals surface area (Å²) >= 11 is 0. The third-order valence-electron chi connectivity index (χ3n) is 2.53. The molecule has 0 aromatic carbocycles. The highest BCUT2D eigenvalue weighted by molar-refractivity contribution is 6.00. The first-order chi connectivity index (χ1) is 8.68. The van der Waals surface area contributed by atoms with Crippen LogP contribution in [0.4, 0.5) is 0 Å². The van der Waals surface area contributed by atoms with Gasteiger partial charge in [-0.1, -0.05) is 0 Å². The van der Waals surface area contributed by atoms with Gasteiger partial charge in [0.2, 0.25) is 0 Å². The Hall–Kier alpha value is -2.43. The first kappa shape index (κ1) is 12.0. The summed E-state index contributed by atoms with van der Waals surface area (Å²) in [6.45, 7) is 3.55. The Kier molecular flexibility index (Phi) is 3.52. The van der Waals surface area contributed by atoms with Crippen molar-refractivity contribution in [2.75, 3.05) is 0 Å². The first-order valence-corrected chi connectivity index (χ1v) is 5.47. The largest absolute Gasteiger partial charge is 0.469 e. The van der Waals surface area contributed by atoms with Crippen molar-refractivity contribution in [3.05, 3.63) is 53.7 Å². The van der Waals surface area contributed by atoms with Crippen molar-refractivity contribution in [3.8, 4) is 0 Å². The van der Waals surface area contributed by atoms with Crippen molar-refractivity contribution in [1.29, 1.82) is 0 Å². The van der Waals surface area contributed by atoms with E-state index in [1.165, 1.54) is 6.26 Å². The number of carbonyl (C=O) groups excluding carboxylic acids is 1. The molecule has 0 atom stereocenters. The maximum Gasteiger partial charge on any atom is 0.274 e. The molecule has 18 heavy (non-hydrogen) atoms. The van der Waals surface area contributed by atoms with Crippen LogP contribution in [0.3, 0.4) is 0 Å². The summed E-state index contributed by atoms with van der Waals surface area (Å²) in [5.74, 6) is 0.291. The highest BCUT2D eigenvalue weighted by atomic mass is 16.3. The molecule has 1 N–H and O–H groups in total. The molecule has 0 fully saturated rings. The molecule has 0 radical (unpaired) electrons. The molecule has 0 aliphatic heterocycles. The van der Waals surface area contributed by atoms with Gasteiger partial charge >= 0.3 is 0 Å². The fourth-order valence-electron chi connectivity index (χ4n) is 1.47. The van der Waals surface area contributed by atoms with Crippen LogP contribution in [0.5, 0.6) is 0 Å². The Labute approximate surface area is 105 Å². The second-order valence-electron chi connectivity index (χ2n) is 3.76. The van der Waals surface area contributed by atoms with Gasteiger partial charge in [-0.15, -0.1) is 0 Å². The van der Waals surface area contributed by atoms with E-state index >= 15 is 0 Å². The molecule has 0 saturated heterocycles. The average Bonchev–Trinajstić information content (AvgIpc) is 2.83. The number of hydrogen-bond donors (Lipinski definition) is 1. The van der Waals surface area contributed by atoms with Crippen LogP contribution < -0.4 is 5.43 Å². The van der Waals surface area contributed by atoms with Crippen LogP contribution >= 0.6 is 0 Å². The second-order valence-corrected chi connectivity index (χ2v) is 3.76. The lowest BCUT2D eigenvalue weighted by Crippen LogP contribution is -2.19. The number of hydrazone groups is 1. The fourth-order valence-corrected chi connectivity index (χ4v) is 1.47. The summed E-state index contributed by atoms with van der Waals surface area (Å²) in [5.41, 5.74) is 4.61. The highest BCUT2D eigenvalue weighted by Crippen LogP contribution is 2.08. The lowest BCUT2D eigenvalue weighted by Gasteiger charge is -2.01. The zero-order chi connectivity index (χ0) is 13.0. The molecule has 0 saturated carbocycles. The molecule has 2 heterocycles. The van der Waals surface area contributed by atoms with Gasteiger partial charge in [-0.2, -0.15) is 5.10 Å². The monoisotopic (exact) mass is 243 g/mol. The van der Waals surface area contributed by atoms with Gasteiger partial charge in [-0.25, -0.2) is 5.43 Å². The lowest BCUT2D eigenvalue weighted by molar-refractivity contribution is 0.0953. The molecule has 2 aromatic heterocycles. The van der Waals surface area contributed by atoms with Gasteiger partial charge in [0, 0.05) is 18.0 Å². The maximum absolute atomic E-state index is 11.8. The minimum absolute atomic E-state index is 0.283. The number of amides is 1. The molecule has 0 aliphatic carbocycles. The third kappa shape index (κ3) is 2.63. The van der Waals surface area contributed by atoms with Gasteiger partial charge in [-0.05, 0) is 32.0 Å². The second kappa shape index (κ2) is 5.27. The molecule has 0 bridgehead atoms. The Morgan fingerprint density at radius 1 is 1.33 bits per heavy atom. The van der Waals surface area contributed by atoms with E-state index in [9.17, 15) is 4.79 Å². The zero-order valence-corrected chi connectivity index (χ0v) is 10.2. The number of pyridine rings is 1. The summed E-state index contributed by atoms with van der Waals surface area (Å²) in [5, 5.41) is 4.04. The van der Waals surface area contributed by atoms with E-state index in [0.29, 0.717) is 17.0 Å². The number of aromatic nitrogens is 1. The van der Waals surface area contributed by atoms with Crippen LogP contribution in [0.25, 0.3) is 0 Å². The fraction of sp³-hybridized carbons (Fsp3) is 0.154. The number of carbonyl (C=O) groups is 1. The summed E-state index contributed by atoms with van der Waals surface area (Å²) < 4.78 is 5.06. The number of nitrogens with one attached hydrogen (secondary N) is 1. The lowest BCUT2D eigenvalue weighted by atomic mass is 10.2. The molecule has 5 nitrogen and oxygen atoms in total. The number of rotatable bonds is 3. The van der Waals surface area contributed by atoms with Crippen molar-refractivity contribution in [2.45, 2.75) is 13.8 Å². The number of hydrogen-bond acceptors (Lipinski definition) is 4. The Balaban J connectivity index is 2.08. The van der Waals surface area contributed by atoms with Crippen LogP contribution in [0.1, 0.15) is 28.6 Å². The van der Waals surface area contributed by atoms with Crippen molar-refractivity contribution in [3.63, 3.8) is 0 Å². The van der Waals surface area contributed by atoms with Crippen molar-refractivity contribution >= 4 is 11.6 Å². The first-order valence-electron chi connectivity index (χ1n) is 5.47. The van der Waals surface area contributed by atoms with E-state index in [4.69, 9.17) is 4.42 Å². The minimum atomic E-state index is -0.283. The summed E-state index contributed by atoms with van der Waals surface area (Å²) in [4.78, 5) is 15.7. The zero-order valence-electron chi connectivity index (χ0n) is 10.2. The highest BCUT2D eigenvalue weighted by Gasteiger charge is 2.10. The normalized spacial score (nSPS) is 11.3. The molecule has 0 spiro atoms. The molecule has 2 rings (SSSR count). The van der Waals surface area contributed by atoms with E-state index in [-0.39, 0.29) is 5.91 Å². The van der Waals surface area contributed by atoms with Gasteiger partial charge in [0.15, 0.2) is 0 Å². The smallest absolute Gasteiger partial charge is 0.274 e. The molecular formula is C13H13N3O2. The SMILES string of the molecule is C/C(=N\NC(=O)c1ccoc1C)c1ccncc1. The van der Waals surface area contributed by atoms with Gasteiger partial charge in [0.1, 0.15) is 5.76 Å². The van der Waals surface area contributed by atoms with E-state index in [1.807, 2.05) is 19.1 Å². The van der Waals surface area contributed by atoms with Gasteiger partial charge in [0.25, 0.3) is 5.91 Å². The summed E-state index contributed by atoms with van der Waals surface area (Å²) in [7, 11) is 0. The maximum atomic E-state index is 11.8. The predicted octanol–water partition coefficient (Wildman–Crippen LogP) is 2.14. The van der Waals surface area contributed by atoms with Crippen LogP contribution in [0.15, 0.2) is 46.4 Å². The molecule has 0 aliphatic rings. The van der Waals surface area contributed by atoms with Crippen molar-refractivity contribution in [2.24, 2.45) is 5.10 Å². The minimum Gasteiger partial charge on any atom is -0.469 e. The predicted molar refractivity (Wildman–Crippen MR) is 67.4 cm³/mol. The van der Waals surface area contributed by atoms with E-state index in [2.05, 4.69) is 15.5 Å². The summed E-state index contributed by atoms with van der Waals surface area (Å²) in [6, 6.07) is 5.27.